The van der Waals surface area contributed by atoms with Gasteiger partial charge >= 0.3 is 12.1 Å². The molecule has 1 atom stereocenters. The average Bonchev–Trinajstić information content (AvgIpc) is 2.58. The molecule has 0 saturated heterocycles. The lowest BCUT2D eigenvalue weighted by Gasteiger charge is -2.14. The molecule has 0 unspecified atom stereocenters. The minimum absolute atomic E-state index is 0.215. The maximum absolute atomic E-state index is 12.6. The highest BCUT2D eigenvalue weighted by Crippen LogP contribution is 2.34. The van der Waals surface area contributed by atoms with Gasteiger partial charge in [-0.05, 0) is 19.1 Å². The van der Waals surface area contributed by atoms with Gasteiger partial charge in [-0.15, -0.1) is 0 Å². The van der Waals surface area contributed by atoms with Crippen LogP contribution in [0, 0.1) is 10.1 Å². The molecule has 12 heteroatoms. The summed E-state index contributed by atoms with van der Waals surface area (Å²) in [5.41, 5.74) is -2.33. The zero-order valence-electron chi connectivity index (χ0n) is 14.5. The Labute approximate surface area is 152 Å². The van der Waals surface area contributed by atoms with Crippen molar-refractivity contribution in [3.8, 4) is 0 Å². The molecule has 2 N–H and O–H groups in total. The molecule has 0 fully saturated rings. The Hall–Kier alpha value is -2.89. The molecular formula is C15H18F3N3O6. The summed E-state index contributed by atoms with van der Waals surface area (Å²) in [5, 5.41) is 15.7. The number of anilines is 1. The van der Waals surface area contributed by atoms with Crippen molar-refractivity contribution in [3.05, 3.63) is 33.9 Å². The number of amides is 1. The van der Waals surface area contributed by atoms with Gasteiger partial charge in [0.2, 0.25) is 0 Å². The lowest BCUT2D eigenvalue weighted by atomic mass is 10.1. The number of halogens is 3. The Balaban J connectivity index is 2.68. The normalized spacial score (nSPS) is 12.2. The van der Waals surface area contributed by atoms with Gasteiger partial charge in [0.15, 0.2) is 6.10 Å². The van der Waals surface area contributed by atoms with E-state index >= 15 is 0 Å². The third kappa shape index (κ3) is 7.09. The predicted molar refractivity (Wildman–Crippen MR) is 87.0 cm³/mol. The molecule has 0 spiro atoms. The molecule has 1 rings (SSSR count). The van der Waals surface area contributed by atoms with E-state index in [4.69, 9.17) is 9.47 Å². The van der Waals surface area contributed by atoms with Gasteiger partial charge in [-0.2, -0.15) is 13.2 Å². The molecule has 0 bridgehead atoms. The topological polar surface area (TPSA) is 120 Å². The third-order valence-electron chi connectivity index (χ3n) is 3.23. The van der Waals surface area contributed by atoms with Crippen molar-refractivity contribution >= 4 is 23.3 Å². The van der Waals surface area contributed by atoms with Gasteiger partial charge in [-0.1, -0.05) is 0 Å². The van der Waals surface area contributed by atoms with Crippen molar-refractivity contribution in [3.63, 3.8) is 0 Å². The molecule has 0 saturated carbocycles. The molecule has 0 radical (unpaired) electrons. The van der Waals surface area contributed by atoms with Crippen molar-refractivity contribution in [2.75, 3.05) is 32.1 Å². The number of esters is 1. The first kappa shape index (κ1) is 22.2. The van der Waals surface area contributed by atoms with Crippen LogP contribution in [0.5, 0.6) is 0 Å². The second-order valence-corrected chi connectivity index (χ2v) is 5.26. The molecule has 0 heterocycles. The molecule has 9 nitrogen and oxygen atoms in total. The molecular weight excluding hydrogens is 375 g/mol. The SMILES string of the molecule is COCCNC(=O)[C@H](C)OC(=O)CNc1ccc(C(F)(F)F)cc1[N+](=O)[O-]. The van der Waals surface area contributed by atoms with E-state index in [1.807, 2.05) is 0 Å². The molecule has 27 heavy (non-hydrogen) atoms. The number of ether oxygens (including phenoxy) is 2. The monoisotopic (exact) mass is 393 g/mol. The van der Waals surface area contributed by atoms with Gasteiger partial charge in [-0.25, -0.2) is 0 Å². The van der Waals surface area contributed by atoms with E-state index in [0.717, 1.165) is 6.07 Å². The van der Waals surface area contributed by atoms with E-state index in [0.29, 0.717) is 12.1 Å². The van der Waals surface area contributed by atoms with Crippen LogP contribution < -0.4 is 10.6 Å². The van der Waals surface area contributed by atoms with Crippen LogP contribution in [0.1, 0.15) is 12.5 Å². The highest BCUT2D eigenvalue weighted by Gasteiger charge is 2.33. The molecule has 150 valence electrons. The van der Waals surface area contributed by atoms with Crippen LogP contribution in [0.15, 0.2) is 18.2 Å². The van der Waals surface area contributed by atoms with Gasteiger partial charge in [0.25, 0.3) is 11.6 Å². The van der Waals surface area contributed by atoms with Crippen LogP contribution in [0.4, 0.5) is 24.5 Å². The summed E-state index contributed by atoms with van der Waals surface area (Å²) in [5.74, 6) is -1.49. The minimum atomic E-state index is -4.74. The second kappa shape index (κ2) is 9.71. The van der Waals surface area contributed by atoms with Crippen LogP contribution in [-0.4, -0.2) is 49.7 Å². The third-order valence-corrected chi connectivity index (χ3v) is 3.23. The maximum Gasteiger partial charge on any atom is 0.416 e. The van der Waals surface area contributed by atoms with E-state index < -0.39 is 46.9 Å². The number of nitro groups is 1. The number of hydrogen-bond donors (Lipinski definition) is 2. The van der Waals surface area contributed by atoms with Gasteiger partial charge in [0.05, 0.1) is 17.1 Å². The molecule has 0 aliphatic heterocycles. The molecule has 1 aromatic rings. The van der Waals surface area contributed by atoms with E-state index in [9.17, 15) is 32.9 Å². The highest BCUT2D eigenvalue weighted by molar-refractivity contribution is 5.84. The fourth-order valence-corrected chi connectivity index (χ4v) is 1.89. The largest absolute Gasteiger partial charge is 0.451 e. The number of nitrogens with zero attached hydrogens (tertiary/aromatic N) is 1. The Bertz CT molecular complexity index is 696. The summed E-state index contributed by atoms with van der Waals surface area (Å²) >= 11 is 0. The number of carbonyl (C=O) groups excluding carboxylic acids is 2. The van der Waals surface area contributed by atoms with Crippen LogP contribution in [0.25, 0.3) is 0 Å². The number of carbonyl (C=O) groups is 2. The first-order chi connectivity index (χ1) is 12.6. The summed E-state index contributed by atoms with van der Waals surface area (Å²) in [6.45, 7) is 1.22. The number of nitro benzene ring substituents is 1. The summed E-state index contributed by atoms with van der Waals surface area (Å²) in [6.07, 6.45) is -5.87. The number of nitrogens with one attached hydrogen (secondary N) is 2. The van der Waals surface area contributed by atoms with E-state index in [2.05, 4.69) is 10.6 Å². The van der Waals surface area contributed by atoms with Crippen LogP contribution in [0.2, 0.25) is 0 Å². The zero-order chi connectivity index (χ0) is 20.6. The smallest absolute Gasteiger partial charge is 0.416 e. The van der Waals surface area contributed by atoms with Gasteiger partial charge in [0, 0.05) is 19.7 Å². The number of hydrogen-bond acceptors (Lipinski definition) is 7. The quantitative estimate of drug-likeness (QED) is 0.284. The fourth-order valence-electron chi connectivity index (χ4n) is 1.89. The number of alkyl halides is 3. The Morgan fingerprint density at radius 2 is 2.00 bits per heavy atom. The number of benzene rings is 1. The van der Waals surface area contributed by atoms with Crippen molar-refractivity contribution in [1.29, 1.82) is 0 Å². The predicted octanol–water partition coefficient (Wildman–Crippen LogP) is 1.72. The number of rotatable bonds is 9. The Morgan fingerprint density at radius 3 is 2.56 bits per heavy atom. The summed E-state index contributed by atoms with van der Waals surface area (Å²) in [7, 11) is 1.45. The number of methoxy groups -OCH3 is 1. The van der Waals surface area contributed by atoms with E-state index in [1.54, 1.807) is 0 Å². The first-order valence-electron chi connectivity index (χ1n) is 7.62. The second-order valence-electron chi connectivity index (χ2n) is 5.26. The van der Waals surface area contributed by atoms with Gasteiger partial charge in [0.1, 0.15) is 12.2 Å². The molecule has 1 amide bonds. The molecule has 0 aromatic heterocycles. The lowest BCUT2D eigenvalue weighted by molar-refractivity contribution is -0.384. The summed E-state index contributed by atoms with van der Waals surface area (Å²) < 4.78 is 47.5. The van der Waals surface area contributed by atoms with Crippen molar-refractivity contribution in [2.45, 2.75) is 19.2 Å². The van der Waals surface area contributed by atoms with Gasteiger partial charge < -0.3 is 20.1 Å². The van der Waals surface area contributed by atoms with Crippen LogP contribution in [0.3, 0.4) is 0 Å². The highest BCUT2D eigenvalue weighted by atomic mass is 19.4. The van der Waals surface area contributed by atoms with E-state index in [1.165, 1.54) is 14.0 Å². The fraction of sp³-hybridized carbons (Fsp3) is 0.467. The van der Waals surface area contributed by atoms with Crippen LogP contribution in [-0.2, 0) is 25.2 Å². The standard InChI is InChI=1S/C15H18F3N3O6/c1-9(14(23)19-5-6-26-2)27-13(22)8-20-11-4-3-10(15(16,17)18)7-12(11)21(24)25/h3-4,7,9,20H,5-6,8H2,1-2H3,(H,19,23)/t9-/m0/s1. The van der Waals surface area contributed by atoms with Crippen molar-refractivity contribution in [2.24, 2.45) is 0 Å². The molecule has 0 aliphatic rings. The summed E-state index contributed by atoms with van der Waals surface area (Å²) in [4.78, 5) is 33.3. The van der Waals surface area contributed by atoms with Gasteiger partial charge in [-0.3, -0.25) is 19.7 Å². The molecule has 1 aromatic carbocycles. The first-order valence-corrected chi connectivity index (χ1v) is 7.62. The molecule has 0 aliphatic carbocycles. The van der Waals surface area contributed by atoms with Crippen molar-refractivity contribution in [1.82, 2.24) is 5.32 Å². The van der Waals surface area contributed by atoms with Crippen molar-refractivity contribution < 1.29 is 37.2 Å². The van der Waals surface area contributed by atoms with Crippen LogP contribution >= 0.6 is 0 Å². The van der Waals surface area contributed by atoms with E-state index in [-0.39, 0.29) is 18.8 Å². The lowest BCUT2D eigenvalue weighted by Crippen LogP contribution is -2.38. The zero-order valence-corrected chi connectivity index (χ0v) is 14.5. The Kier molecular flexibility index (Phi) is 7.97. The maximum atomic E-state index is 12.6. The average molecular weight is 393 g/mol. The summed E-state index contributed by atoms with van der Waals surface area (Å²) in [6, 6.07) is 1.85. The minimum Gasteiger partial charge on any atom is -0.451 e. The Morgan fingerprint density at radius 1 is 1.33 bits per heavy atom.